The van der Waals surface area contributed by atoms with Crippen LogP contribution < -0.4 is 0 Å². The lowest BCUT2D eigenvalue weighted by atomic mass is 9.79. The number of benzene rings is 3. The molecule has 36 heavy (non-hydrogen) atoms. The second-order valence-corrected chi connectivity index (χ2v) is 9.61. The Morgan fingerprint density at radius 1 is 1.06 bits per heavy atom. The van der Waals surface area contributed by atoms with E-state index in [0.717, 1.165) is 37.4 Å². The van der Waals surface area contributed by atoms with Gasteiger partial charge < -0.3 is 19.5 Å². The van der Waals surface area contributed by atoms with Crippen LogP contribution in [0.3, 0.4) is 0 Å². The molecule has 1 fully saturated rings. The molecule has 0 bridgehead atoms. The normalized spacial score (nSPS) is 15.0. The zero-order chi connectivity index (χ0) is 25.6. The highest BCUT2D eigenvalue weighted by Crippen LogP contribution is 2.51. The summed E-state index contributed by atoms with van der Waals surface area (Å²) in [5, 5.41) is 20.9. The number of hydrogen-bond acceptors (Lipinski definition) is 3. The van der Waals surface area contributed by atoms with Crippen LogP contribution in [0.25, 0.3) is 27.7 Å². The number of rotatable bonds is 6. The van der Waals surface area contributed by atoms with Crippen LogP contribution in [0.2, 0.25) is 0 Å². The number of halogens is 2. The van der Waals surface area contributed by atoms with E-state index in [1.807, 2.05) is 4.57 Å². The lowest BCUT2D eigenvalue weighted by molar-refractivity contribution is 0.0697. The summed E-state index contributed by atoms with van der Waals surface area (Å²) >= 11 is 0. The predicted octanol–water partition coefficient (Wildman–Crippen LogP) is 6.75. The minimum Gasteiger partial charge on any atom is -0.507 e. The van der Waals surface area contributed by atoms with Gasteiger partial charge in [0.2, 0.25) is 0 Å². The van der Waals surface area contributed by atoms with Gasteiger partial charge in [-0.2, -0.15) is 0 Å². The van der Waals surface area contributed by atoms with Crippen molar-refractivity contribution in [3.63, 3.8) is 0 Å². The SMILES string of the molecule is COCC1(c2c(-c3ccc(C(=O)O)cc3)c3c(O)cc(F)cc3n2-c2ccc(F)c(C)c2)CCCC1. The Hall–Kier alpha value is -3.71. The monoisotopic (exact) mass is 491 g/mol. The molecule has 3 aromatic carbocycles. The highest BCUT2D eigenvalue weighted by molar-refractivity contribution is 6.04. The number of methoxy groups -OCH3 is 1. The number of carbonyl (C=O) groups is 1. The number of carboxylic acids is 1. The topological polar surface area (TPSA) is 71.7 Å². The fraction of sp³-hybridized carbons (Fsp3) is 0.276. The lowest BCUT2D eigenvalue weighted by Gasteiger charge is -2.32. The Balaban J connectivity index is 1.95. The van der Waals surface area contributed by atoms with Crippen molar-refractivity contribution in [2.45, 2.75) is 38.0 Å². The lowest BCUT2D eigenvalue weighted by Crippen LogP contribution is -2.31. The third-order valence-corrected chi connectivity index (χ3v) is 7.32. The number of carboxylic acid groups (broad SMARTS) is 1. The number of aryl methyl sites for hydroxylation is 1. The third-order valence-electron chi connectivity index (χ3n) is 7.32. The molecule has 0 aliphatic heterocycles. The van der Waals surface area contributed by atoms with Crippen molar-refractivity contribution in [1.29, 1.82) is 0 Å². The van der Waals surface area contributed by atoms with E-state index < -0.39 is 17.2 Å². The molecular weight excluding hydrogens is 464 g/mol. The van der Waals surface area contributed by atoms with Gasteiger partial charge in [-0.25, -0.2) is 13.6 Å². The van der Waals surface area contributed by atoms with Gasteiger partial charge >= 0.3 is 5.97 Å². The van der Waals surface area contributed by atoms with Gasteiger partial charge in [-0.05, 0) is 67.3 Å². The van der Waals surface area contributed by atoms with Crippen molar-refractivity contribution >= 4 is 16.9 Å². The number of ether oxygens (including phenoxy) is 1. The summed E-state index contributed by atoms with van der Waals surface area (Å²) < 4.78 is 36.6. The van der Waals surface area contributed by atoms with E-state index in [-0.39, 0.29) is 17.1 Å². The first-order valence-corrected chi connectivity index (χ1v) is 11.9. The summed E-state index contributed by atoms with van der Waals surface area (Å²) in [7, 11) is 1.65. The van der Waals surface area contributed by atoms with Crippen molar-refractivity contribution in [3.05, 3.63) is 83.1 Å². The van der Waals surface area contributed by atoms with Crippen LogP contribution in [0.15, 0.2) is 54.6 Å². The van der Waals surface area contributed by atoms with Gasteiger partial charge in [0.1, 0.15) is 17.4 Å². The van der Waals surface area contributed by atoms with Crippen LogP contribution in [-0.2, 0) is 10.2 Å². The molecule has 0 amide bonds. The van der Waals surface area contributed by atoms with Gasteiger partial charge in [0, 0.05) is 35.5 Å². The standard InChI is InChI=1S/C29H27F2NO4/c1-17-13-21(9-10-22(17)31)32-23-14-20(30)15-24(33)26(23)25(18-5-7-19(8-6-18)28(34)35)27(32)29(16-36-2)11-3-4-12-29/h5-10,13-15,33H,3-4,11-12,16H2,1-2H3,(H,34,35). The quantitative estimate of drug-likeness (QED) is 0.313. The van der Waals surface area contributed by atoms with Crippen LogP contribution in [0.1, 0.15) is 47.3 Å². The number of phenols is 1. The molecule has 1 heterocycles. The molecule has 1 saturated carbocycles. The molecule has 1 aliphatic carbocycles. The number of hydrogen-bond donors (Lipinski definition) is 2. The molecule has 0 unspecified atom stereocenters. The van der Waals surface area contributed by atoms with Gasteiger partial charge in [0.25, 0.3) is 0 Å². The molecule has 186 valence electrons. The highest BCUT2D eigenvalue weighted by atomic mass is 19.1. The van der Waals surface area contributed by atoms with Crippen molar-refractivity contribution < 1.29 is 28.5 Å². The first-order chi connectivity index (χ1) is 17.3. The van der Waals surface area contributed by atoms with E-state index in [9.17, 15) is 23.8 Å². The van der Waals surface area contributed by atoms with Crippen LogP contribution in [-0.4, -0.2) is 34.5 Å². The number of aromatic hydroxyl groups is 1. The van der Waals surface area contributed by atoms with Crippen LogP contribution in [0.4, 0.5) is 8.78 Å². The predicted molar refractivity (Wildman–Crippen MR) is 134 cm³/mol. The summed E-state index contributed by atoms with van der Waals surface area (Å²) in [6.07, 6.45) is 3.59. The largest absolute Gasteiger partial charge is 0.507 e. The van der Waals surface area contributed by atoms with E-state index in [0.29, 0.717) is 39.9 Å². The second kappa shape index (κ2) is 9.06. The van der Waals surface area contributed by atoms with E-state index in [1.54, 1.807) is 38.3 Å². The maximum absolute atomic E-state index is 14.7. The minimum atomic E-state index is -1.04. The number of nitrogens with zero attached hydrogens (tertiary/aromatic N) is 1. The fourth-order valence-electron chi connectivity index (χ4n) is 5.74. The third kappa shape index (κ3) is 3.84. The average Bonchev–Trinajstić information content (AvgIpc) is 3.45. The minimum absolute atomic E-state index is 0.140. The van der Waals surface area contributed by atoms with Crippen LogP contribution in [0, 0.1) is 18.6 Å². The molecule has 0 radical (unpaired) electrons. The number of aromatic carboxylic acids is 1. The van der Waals surface area contributed by atoms with Gasteiger partial charge in [0.05, 0.1) is 23.1 Å². The summed E-state index contributed by atoms with van der Waals surface area (Å²) in [6.45, 7) is 2.08. The molecule has 0 atom stereocenters. The molecular formula is C29H27F2NO4. The first kappa shape index (κ1) is 24.0. The van der Waals surface area contributed by atoms with Crippen LogP contribution in [0.5, 0.6) is 5.75 Å². The zero-order valence-corrected chi connectivity index (χ0v) is 20.1. The Morgan fingerprint density at radius 3 is 2.36 bits per heavy atom. The first-order valence-electron chi connectivity index (χ1n) is 11.9. The molecule has 4 aromatic rings. The van der Waals surface area contributed by atoms with Gasteiger partial charge in [-0.1, -0.05) is 25.0 Å². The Labute approximate surface area is 207 Å². The molecule has 0 saturated heterocycles. The maximum Gasteiger partial charge on any atom is 0.335 e. The summed E-state index contributed by atoms with van der Waals surface area (Å²) in [5.41, 5.74) is 3.47. The highest BCUT2D eigenvalue weighted by Gasteiger charge is 2.42. The average molecular weight is 492 g/mol. The van der Waals surface area contributed by atoms with E-state index >= 15 is 0 Å². The molecule has 5 rings (SSSR count). The molecule has 2 N–H and O–H groups in total. The van der Waals surface area contributed by atoms with Crippen molar-refractivity contribution in [3.8, 4) is 22.6 Å². The van der Waals surface area contributed by atoms with Gasteiger partial charge in [-0.3, -0.25) is 0 Å². The van der Waals surface area contributed by atoms with E-state index in [2.05, 4.69) is 0 Å². The number of aromatic nitrogens is 1. The summed E-state index contributed by atoms with van der Waals surface area (Å²) in [4.78, 5) is 11.5. The number of phenolic OH excluding ortho intramolecular Hbond substituents is 1. The van der Waals surface area contributed by atoms with Crippen molar-refractivity contribution in [1.82, 2.24) is 4.57 Å². The van der Waals surface area contributed by atoms with E-state index in [1.165, 1.54) is 24.3 Å². The zero-order valence-electron chi connectivity index (χ0n) is 20.1. The Kier molecular flexibility index (Phi) is 6.04. The van der Waals surface area contributed by atoms with Gasteiger partial charge in [0.15, 0.2) is 0 Å². The maximum atomic E-state index is 14.7. The summed E-state index contributed by atoms with van der Waals surface area (Å²) in [5.74, 6) is -2.19. The molecule has 0 spiro atoms. The van der Waals surface area contributed by atoms with E-state index in [4.69, 9.17) is 4.74 Å². The smallest absolute Gasteiger partial charge is 0.335 e. The van der Waals surface area contributed by atoms with Crippen LogP contribution >= 0.6 is 0 Å². The summed E-state index contributed by atoms with van der Waals surface area (Å²) in [6, 6.07) is 13.7. The second-order valence-electron chi connectivity index (χ2n) is 9.61. The number of fused-ring (bicyclic) bond motifs is 1. The molecule has 1 aromatic heterocycles. The molecule has 7 heteroatoms. The molecule has 1 aliphatic rings. The van der Waals surface area contributed by atoms with Crippen molar-refractivity contribution in [2.75, 3.05) is 13.7 Å². The fourth-order valence-corrected chi connectivity index (χ4v) is 5.74. The Bertz CT molecular complexity index is 1470. The Morgan fingerprint density at radius 2 is 1.75 bits per heavy atom. The van der Waals surface area contributed by atoms with Gasteiger partial charge in [-0.15, -0.1) is 0 Å². The molecule has 5 nitrogen and oxygen atoms in total. The van der Waals surface area contributed by atoms with Crippen molar-refractivity contribution in [2.24, 2.45) is 0 Å².